The first-order chi connectivity index (χ1) is 14.1. The fourth-order valence-electron chi connectivity index (χ4n) is 3.63. The van der Waals surface area contributed by atoms with E-state index in [1.807, 2.05) is 23.6 Å². The highest BCUT2D eigenvalue weighted by molar-refractivity contribution is 7.71. The van der Waals surface area contributed by atoms with E-state index in [0.29, 0.717) is 28.1 Å². The highest BCUT2D eigenvalue weighted by atomic mass is 32.1. The second-order valence-corrected chi connectivity index (χ2v) is 8.60. The highest BCUT2D eigenvalue weighted by Gasteiger charge is 2.10. The van der Waals surface area contributed by atoms with Crippen molar-refractivity contribution in [1.82, 2.24) is 14.9 Å². The number of aromatic nitrogens is 2. The predicted molar refractivity (Wildman–Crippen MR) is 120 cm³/mol. The first-order valence-electron chi connectivity index (χ1n) is 9.87. The summed E-state index contributed by atoms with van der Waals surface area (Å²) in [6.45, 7) is 1.04. The molecule has 0 aliphatic heterocycles. The molecule has 0 bridgehead atoms. The first kappa shape index (κ1) is 19.8. The first-order valence-corrected chi connectivity index (χ1v) is 11.2. The smallest absolute Gasteiger partial charge is 0.272 e. The molecule has 150 valence electrons. The fraction of sp³-hybridized carbons (Fsp3) is 0.318. The zero-order valence-corrected chi connectivity index (χ0v) is 17.7. The molecule has 1 aromatic carbocycles. The van der Waals surface area contributed by atoms with Crippen LogP contribution in [0.2, 0.25) is 0 Å². The van der Waals surface area contributed by atoms with Crippen LogP contribution in [0, 0.1) is 4.77 Å². The number of allylic oxidation sites excluding steroid dienone is 1. The predicted octanol–water partition coefficient (Wildman–Crippen LogP) is 4.79. The van der Waals surface area contributed by atoms with Gasteiger partial charge < -0.3 is 10.3 Å². The topological polar surface area (TPSA) is 66.9 Å². The summed E-state index contributed by atoms with van der Waals surface area (Å²) in [4.78, 5) is 28.1. The van der Waals surface area contributed by atoms with Crippen LogP contribution in [0.5, 0.6) is 0 Å². The molecule has 4 rings (SSSR count). The second kappa shape index (κ2) is 8.88. The number of aromatic amines is 1. The Morgan fingerprint density at radius 1 is 1.21 bits per heavy atom. The maximum Gasteiger partial charge on any atom is 0.272 e. The van der Waals surface area contributed by atoms with Crippen LogP contribution >= 0.6 is 23.6 Å². The van der Waals surface area contributed by atoms with E-state index < -0.39 is 0 Å². The van der Waals surface area contributed by atoms with Gasteiger partial charge in [0.15, 0.2) is 4.77 Å². The molecule has 2 N–H and O–H groups in total. The molecule has 0 unspecified atom stereocenters. The van der Waals surface area contributed by atoms with E-state index in [1.54, 1.807) is 16.7 Å². The fourth-order valence-corrected chi connectivity index (χ4v) is 4.68. The molecule has 2 heterocycles. The van der Waals surface area contributed by atoms with Gasteiger partial charge in [-0.3, -0.25) is 14.2 Å². The number of hydrogen-bond acceptors (Lipinski definition) is 4. The quantitative estimate of drug-likeness (QED) is 0.441. The van der Waals surface area contributed by atoms with Crippen molar-refractivity contribution in [3.05, 3.63) is 73.6 Å². The Hall–Kier alpha value is -2.51. The minimum absolute atomic E-state index is 0.0672. The van der Waals surface area contributed by atoms with Gasteiger partial charge in [0.05, 0.1) is 12.1 Å². The summed E-state index contributed by atoms with van der Waals surface area (Å²) in [5, 5.41) is 4.87. The molecule has 2 aromatic heterocycles. The van der Waals surface area contributed by atoms with Gasteiger partial charge in [-0.1, -0.05) is 23.8 Å². The number of H-pyrrole nitrogens is 1. The molecule has 0 spiro atoms. The molecule has 1 amide bonds. The van der Waals surface area contributed by atoms with Crippen molar-refractivity contribution in [3.8, 4) is 0 Å². The lowest BCUT2D eigenvalue weighted by molar-refractivity contribution is 0.0954. The Balaban J connectivity index is 1.40. The lowest BCUT2D eigenvalue weighted by Gasteiger charge is -2.13. The average Bonchev–Trinajstić information content (AvgIpc) is 3.21. The van der Waals surface area contributed by atoms with Crippen molar-refractivity contribution < 1.29 is 4.79 Å². The molecule has 5 nitrogen and oxygen atoms in total. The van der Waals surface area contributed by atoms with E-state index in [2.05, 4.69) is 16.4 Å². The molecule has 1 aliphatic rings. The van der Waals surface area contributed by atoms with Gasteiger partial charge in [-0.2, -0.15) is 0 Å². The third-order valence-corrected chi connectivity index (χ3v) is 6.49. The molecule has 0 atom stereocenters. The maximum absolute atomic E-state index is 12.7. The number of hydrogen-bond donors (Lipinski definition) is 2. The van der Waals surface area contributed by atoms with Gasteiger partial charge in [-0.05, 0) is 73.5 Å². The van der Waals surface area contributed by atoms with Gasteiger partial charge in [-0.15, -0.1) is 11.3 Å². The average molecular weight is 426 g/mol. The Morgan fingerprint density at radius 3 is 2.79 bits per heavy atom. The van der Waals surface area contributed by atoms with Crippen molar-refractivity contribution in [2.75, 3.05) is 6.54 Å². The lowest BCUT2D eigenvalue weighted by atomic mass is 9.97. The monoisotopic (exact) mass is 425 g/mol. The van der Waals surface area contributed by atoms with Crippen molar-refractivity contribution >= 4 is 39.7 Å². The van der Waals surface area contributed by atoms with Crippen LogP contribution in [0.3, 0.4) is 0 Å². The summed E-state index contributed by atoms with van der Waals surface area (Å²) in [6, 6.07) is 9.20. The van der Waals surface area contributed by atoms with Crippen LogP contribution in [0.4, 0.5) is 0 Å². The van der Waals surface area contributed by atoms with Crippen molar-refractivity contribution in [2.45, 2.75) is 38.6 Å². The molecule has 0 saturated carbocycles. The van der Waals surface area contributed by atoms with Gasteiger partial charge in [0.1, 0.15) is 4.70 Å². The molecule has 29 heavy (non-hydrogen) atoms. The number of fused-ring (bicyclic) bond motifs is 1. The number of rotatable bonds is 6. The summed E-state index contributed by atoms with van der Waals surface area (Å²) in [7, 11) is 0. The molecule has 3 aromatic rings. The van der Waals surface area contributed by atoms with Crippen LogP contribution in [0.15, 0.2) is 52.2 Å². The zero-order chi connectivity index (χ0) is 20.2. The van der Waals surface area contributed by atoms with Crippen molar-refractivity contribution in [2.24, 2.45) is 0 Å². The number of carbonyl (C=O) groups excluding carboxylic acids is 1. The Labute approximate surface area is 178 Å². The Morgan fingerprint density at radius 2 is 2.03 bits per heavy atom. The minimum atomic E-state index is -0.0856. The van der Waals surface area contributed by atoms with Crippen LogP contribution in [0.1, 0.15) is 48.0 Å². The number of thiophene rings is 1. The third-order valence-electron chi connectivity index (χ3n) is 5.26. The molecule has 0 saturated heterocycles. The van der Waals surface area contributed by atoms with Crippen LogP contribution in [-0.4, -0.2) is 22.0 Å². The second-order valence-electron chi connectivity index (χ2n) is 7.30. The number of benzene rings is 1. The zero-order valence-electron chi connectivity index (χ0n) is 16.1. The van der Waals surface area contributed by atoms with E-state index in [-0.39, 0.29) is 11.5 Å². The van der Waals surface area contributed by atoms with E-state index in [0.717, 1.165) is 30.3 Å². The molecular weight excluding hydrogens is 402 g/mol. The largest absolute Gasteiger partial charge is 0.352 e. The van der Waals surface area contributed by atoms with Crippen LogP contribution in [-0.2, 0) is 6.54 Å². The lowest BCUT2D eigenvalue weighted by Crippen LogP contribution is -2.25. The Kier molecular flexibility index (Phi) is 6.06. The SMILES string of the molecule is O=C(NCCC1=CCCCC1)c1ccc(Cn2c(=S)[nH]c3ccsc3c2=O)cc1. The number of nitrogens with one attached hydrogen (secondary N) is 2. The van der Waals surface area contributed by atoms with Gasteiger partial charge >= 0.3 is 0 Å². The third kappa shape index (κ3) is 4.57. The van der Waals surface area contributed by atoms with Crippen molar-refractivity contribution in [3.63, 3.8) is 0 Å². The Bertz CT molecular complexity index is 1170. The van der Waals surface area contributed by atoms with E-state index >= 15 is 0 Å². The molecule has 1 aliphatic carbocycles. The molecule has 0 radical (unpaired) electrons. The molecule has 0 fully saturated rings. The molecular formula is C22H23N3O2S2. The van der Waals surface area contributed by atoms with Gasteiger partial charge in [0.25, 0.3) is 11.5 Å². The number of amides is 1. The van der Waals surface area contributed by atoms with E-state index in [4.69, 9.17) is 12.2 Å². The minimum Gasteiger partial charge on any atom is -0.352 e. The van der Waals surface area contributed by atoms with E-state index in [1.165, 1.54) is 29.8 Å². The number of carbonyl (C=O) groups is 1. The van der Waals surface area contributed by atoms with Gasteiger partial charge in [0, 0.05) is 12.1 Å². The number of nitrogens with zero attached hydrogens (tertiary/aromatic N) is 1. The summed E-state index contributed by atoms with van der Waals surface area (Å²) in [5.41, 5.74) is 3.69. The summed E-state index contributed by atoms with van der Waals surface area (Å²) in [6.07, 6.45) is 8.09. The summed E-state index contributed by atoms with van der Waals surface area (Å²) < 4.78 is 2.63. The van der Waals surface area contributed by atoms with Gasteiger partial charge in [-0.25, -0.2) is 0 Å². The van der Waals surface area contributed by atoms with Crippen LogP contribution in [0.25, 0.3) is 10.2 Å². The maximum atomic E-state index is 12.7. The van der Waals surface area contributed by atoms with E-state index in [9.17, 15) is 9.59 Å². The summed E-state index contributed by atoms with van der Waals surface area (Å²) >= 11 is 6.75. The van der Waals surface area contributed by atoms with Gasteiger partial charge in [0.2, 0.25) is 0 Å². The van der Waals surface area contributed by atoms with Crippen LogP contribution < -0.4 is 10.9 Å². The summed E-state index contributed by atoms with van der Waals surface area (Å²) in [5.74, 6) is -0.0672. The van der Waals surface area contributed by atoms with Crippen molar-refractivity contribution in [1.29, 1.82) is 0 Å². The molecule has 7 heteroatoms. The normalized spacial score (nSPS) is 14.0. The highest BCUT2D eigenvalue weighted by Crippen LogP contribution is 2.19. The standard InChI is InChI=1S/C22H23N3O2S2/c26-20(23-12-10-15-4-2-1-3-5-15)17-8-6-16(7-9-17)14-25-21(27)19-18(11-13-29-19)24-22(25)28/h4,6-9,11,13H,1-3,5,10,12,14H2,(H,23,26)(H,24,28).